The van der Waals surface area contributed by atoms with Gasteiger partial charge in [-0.3, -0.25) is 0 Å². The summed E-state index contributed by atoms with van der Waals surface area (Å²) in [5.74, 6) is 1.65. The molecule has 0 aliphatic rings. The van der Waals surface area contributed by atoms with Gasteiger partial charge in [-0.15, -0.1) is 0 Å². The molecule has 110 valence electrons. The van der Waals surface area contributed by atoms with Gasteiger partial charge in [-0.05, 0) is 43.0 Å². The van der Waals surface area contributed by atoms with Gasteiger partial charge in [0.2, 0.25) is 0 Å². The highest BCUT2D eigenvalue weighted by Gasteiger charge is 2.18. The van der Waals surface area contributed by atoms with E-state index in [2.05, 4.69) is 33.0 Å². The molecule has 0 saturated carbocycles. The fourth-order valence-electron chi connectivity index (χ4n) is 2.63. The number of fused-ring (bicyclic) bond motifs is 1. The van der Waals surface area contributed by atoms with Gasteiger partial charge in [0.25, 0.3) is 0 Å². The molecule has 20 heavy (non-hydrogen) atoms. The van der Waals surface area contributed by atoms with Crippen molar-refractivity contribution < 1.29 is 8.81 Å². The van der Waals surface area contributed by atoms with Gasteiger partial charge in [-0.25, -0.2) is 4.39 Å². The van der Waals surface area contributed by atoms with Gasteiger partial charge in [-0.1, -0.05) is 27.7 Å². The monoisotopic (exact) mass is 277 g/mol. The summed E-state index contributed by atoms with van der Waals surface area (Å²) in [7, 11) is 0. The highest BCUT2D eigenvalue weighted by molar-refractivity contribution is 5.85. The van der Waals surface area contributed by atoms with Gasteiger partial charge in [-0.2, -0.15) is 0 Å². The Bertz CT molecular complexity index is 599. The molecule has 1 aromatic carbocycles. The van der Waals surface area contributed by atoms with Crippen molar-refractivity contribution in [3.63, 3.8) is 0 Å². The molecule has 1 N–H and O–H groups in total. The van der Waals surface area contributed by atoms with Crippen molar-refractivity contribution in [3.8, 4) is 0 Å². The Balaban J connectivity index is 2.43. The number of nitrogens with one attached hydrogen (secondary N) is 1. The van der Waals surface area contributed by atoms with Crippen molar-refractivity contribution in [3.05, 3.63) is 34.8 Å². The molecular weight excluding hydrogens is 253 g/mol. The zero-order chi connectivity index (χ0) is 14.9. The molecule has 0 amide bonds. The van der Waals surface area contributed by atoms with Crippen LogP contribution in [0.2, 0.25) is 0 Å². The summed E-state index contributed by atoms with van der Waals surface area (Å²) in [6.07, 6.45) is 0. The van der Waals surface area contributed by atoms with Crippen LogP contribution < -0.4 is 5.32 Å². The van der Waals surface area contributed by atoms with Crippen LogP contribution in [0.1, 0.15) is 50.5 Å². The molecule has 0 fully saturated rings. The van der Waals surface area contributed by atoms with Crippen LogP contribution in [-0.2, 0) is 6.54 Å². The minimum Gasteiger partial charge on any atom is -0.459 e. The minimum absolute atomic E-state index is 0.195. The maximum absolute atomic E-state index is 13.7. The Morgan fingerprint density at radius 1 is 1.20 bits per heavy atom. The molecule has 0 atom stereocenters. The van der Waals surface area contributed by atoms with Crippen LogP contribution in [0.15, 0.2) is 16.5 Å². The molecule has 0 bridgehead atoms. The third-order valence-electron chi connectivity index (χ3n) is 3.47. The summed E-state index contributed by atoms with van der Waals surface area (Å²) in [6, 6.07) is 3.12. The average Bonchev–Trinajstić information content (AvgIpc) is 2.67. The number of furan rings is 1. The zero-order valence-electron chi connectivity index (χ0n) is 13.0. The SMILES string of the molecule is Cc1cc(F)cc2c(C(C)C)c(CNCC(C)C)oc12. The summed E-state index contributed by atoms with van der Waals surface area (Å²) in [5, 5.41) is 4.32. The Morgan fingerprint density at radius 2 is 1.90 bits per heavy atom. The molecule has 1 aromatic heterocycles. The van der Waals surface area contributed by atoms with Crippen molar-refractivity contribution >= 4 is 11.0 Å². The van der Waals surface area contributed by atoms with Crippen LogP contribution in [-0.4, -0.2) is 6.54 Å². The molecule has 0 unspecified atom stereocenters. The first kappa shape index (κ1) is 15.0. The van der Waals surface area contributed by atoms with Crippen molar-refractivity contribution in [2.24, 2.45) is 5.92 Å². The van der Waals surface area contributed by atoms with Gasteiger partial charge in [0.05, 0.1) is 6.54 Å². The third kappa shape index (κ3) is 3.04. The van der Waals surface area contributed by atoms with Crippen LogP contribution in [0.5, 0.6) is 0 Å². The van der Waals surface area contributed by atoms with Crippen LogP contribution in [0.3, 0.4) is 0 Å². The van der Waals surface area contributed by atoms with Crippen LogP contribution in [0.25, 0.3) is 11.0 Å². The van der Waals surface area contributed by atoms with Crippen LogP contribution >= 0.6 is 0 Å². The van der Waals surface area contributed by atoms with E-state index in [1.165, 1.54) is 6.07 Å². The number of aryl methyl sites for hydroxylation is 1. The predicted molar refractivity (Wildman–Crippen MR) is 81.5 cm³/mol. The highest BCUT2D eigenvalue weighted by atomic mass is 19.1. The molecule has 0 spiro atoms. The third-order valence-corrected chi connectivity index (χ3v) is 3.47. The van der Waals surface area contributed by atoms with E-state index < -0.39 is 0 Å². The Hall–Kier alpha value is -1.35. The van der Waals surface area contributed by atoms with E-state index in [1.807, 2.05) is 6.92 Å². The maximum Gasteiger partial charge on any atom is 0.137 e. The average molecular weight is 277 g/mol. The number of hydrogen-bond donors (Lipinski definition) is 1. The second-order valence-corrected chi connectivity index (χ2v) is 6.22. The van der Waals surface area contributed by atoms with Gasteiger partial charge < -0.3 is 9.73 Å². The van der Waals surface area contributed by atoms with E-state index in [9.17, 15) is 4.39 Å². The largest absolute Gasteiger partial charge is 0.459 e. The summed E-state index contributed by atoms with van der Waals surface area (Å²) >= 11 is 0. The van der Waals surface area contributed by atoms with E-state index in [-0.39, 0.29) is 5.82 Å². The molecule has 0 aliphatic heterocycles. The number of hydrogen-bond acceptors (Lipinski definition) is 2. The Morgan fingerprint density at radius 3 is 2.50 bits per heavy atom. The molecule has 1 heterocycles. The molecule has 2 rings (SSSR count). The Labute approximate surface area is 120 Å². The van der Waals surface area contributed by atoms with Crippen molar-refractivity contribution in [2.75, 3.05) is 6.54 Å². The molecule has 0 radical (unpaired) electrons. The first-order valence-electron chi connectivity index (χ1n) is 7.32. The standard InChI is InChI=1S/C17H24FNO/c1-10(2)8-19-9-15-16(11(3)4)14-7-13(18)6-12(5)17(14)20-15/h6-7,10-11,19H,8-9H2,1-5H3. The quantitative estimate of drug-likeness (QED) is 0.853. The van der Waals surface area contributed by atoms with E-state index >= 15 is 0 Å². The number of rotatable bonds is 5. The van der Waals surface area contributed by atoms with Gasteiger partial charge in [0.15, 0.2) is 0 Å². The van der Waals surface area contributed by atoms with E-state index in [0.29, 0.717) is 18.4 Å². The lowest BCUT2D eigenvalue weighted by molar-refractivity contribution is 0.477. The second kappa shape index (κ2) is 5.96. The molecule has 0 saturated heterocycles. The highest BCUT2D eigenvalue weighted by Crippen LogP contribution is 2.34. The molecule has 3 heteroatoms. The zero-order valence-corrected chi connectivity index (χ0v) is 13.0. The topological polar surface area (TPSA) is 25.2 Å². The van der Waals surface area contributed by atoms with Gasteiger partial charge in [0, 0.05) is 10.9 Å². The smallest absolute Gasteiger partial charge is 0.137 e. The molecule has 2 aromatic rings. The first-order valence-corrected chi connectivity index (χ1v) is 7.32. The number of halogens is 1. The van der Waals surface area contributed by atoms with Crippen molar-refractivity contribution in [1.82, 2.24) is 5.32 Å². The fourth-order valence-corrected chi connectivity index (χ4v) is 2.63. The first-order chi connectivity index (χ1) is 9.40. The molecule has 2 nitrogen and oxygen atoms in total. The van der Waals surface area contributed by atoms with E-state index in [4.69, 9.17) is 4.42 Å². The van der Waals surface area contributed by atoms with E-state index in [1.54, 1.807) is 6.07 Å². The molecule has 0 aliphatic carbocycles. The van der Waals surface area contributed by atoms with Crippen LogP contribution in [0, 0.1) is 18.7 Å². The summed E-state index contributed by atoms with van der Waals surface area (Å²) in [4.78, 5) is 0. The lowest BCUT2D eigenvalue weighted by Crippen LogP contribution is -2.19. The van der Waals surface area contributed by atoms with Crippen molar-refractivity contribution in [2.45, 2.75) is 47.1 Å². The lowest BCUT2D eigenvalue weighted by atomic mass is 9.98. The summed E-state index contributed by atoms with van der Waals surface area (Å²) in [6.45, 7) is 12.1. The predicted octanol–water partition coefficient (Wildman–Crippen LogP) is 4.75. The number of benzene rings is 1. The summed E-state index contributed by atoms with van der Waals surface area (Å²) < 4.78 is 19.6. The Kier molecular flexibility index (Phi) is 4.48. The summed E-state index contributed by atoms with van der Waals surface area (Å²) in [5.41, 5.74) is 2.80. The van der Waals surface area contributed by atoms with Gasteiger partial charge >= 0.3 is 0 Å². The van der Waals surface area contributed by atoms with Gasteiger partial charge in [0.1, 0.15) is 17.2 Å². The second-order valence-electron chi connectivity index (χ2n) is 6.22. The fraction of sp³-hybridized carbons (Fsp3) is 0.529. The molecular formula is C17H24FNO. The normalized spacial score (nSPS) is 12.0. The van der Waals surface area contributed by atoms with E-state index in [0.717, 1.165) is 34.4 Å². The minimum atomic E-state index is -0.195. The van der Waals surface area contributed by atoms with Crippen molar-refractivity contribution in [1.29, 1.82) is 0 Å². The lowest BCUT2D eigenvalue weighted by Gasteiger charge is -2.09. The van der Waals surface area contributed by atoms with Crippen LogP contribution in [0.4, 0.5) is 4.39 Å². The maximum atomic E-state index is 13.7.